The monoisotopic (exact) mass is 279 g/mol. The van der Waals surface area contributed by atoms with Crippen molar-refractivity contribution in [2.45, 2.75) is 45.1 Å². The van der Waals surface area contributed by atoms with Gasteiger partial charge in [0, 0.05) is 0 Å². The van der Waals surface area contributed by atoms with Crippen molar-refractivity contribution in [1.82, 2.24) is 0 Å². The van der Waals surface area contributed by atoms with Crippen molar-refractivity contribution in [1.29, 1.82) is 0 Å². The van der Waals surface area contributed by atoms with Gasteiger partial charge in [-0.25, -0.2) is 0 Å². The topological polar surface area (TPSA) is 101 Å². The lowest BCUT2D eigenvalue weighted by Gasteiger charge is -2.20. The Morgan fingerprint density at radius 3 is 2.17 bits per heavy atom. The van der Waals surface area contributed by atoms with Crippen LogP contribution < -0.4 is 5.73 Å². The Labute approximate surface area is 113 Å². The fraction of sp³-hybridized carbons (Fsp3) is 0.667. The van der Waals surface area contributed by atoms with Crippen LogP contribution in [0.2, 0.25) is 0 Å². The molecular formula is C12H22ClNO4. The van der Waals surface area contributed by atoms with Gasteiger partial charge in [-0.3, -0.25) is 9.59 Å². The standard InChI is InChI=1S/C12H21NO4.ClH/c1-3-9(10(14)15)7-5-6-8-12(13,4-2)11(16)17;/h5-6,9H,3-4,7-8,13H2,1-2H3,(H,14,15)(H,16,17);1H. The first-order valence-electron chi connectivity index (χ1n) is 5.77. The number of allylic oxidation sites excluding steroid dienone is 1. The summed E-state index contributed by atoms with van der Waals surface area (Å²) in [6.07, 6.45) is 4.87. The third-order valence-corrected chi connectivity index (χ3v) is 2.97. The molecule has 0 amide bonds. The van der Waals surface area contributed by atoms with E-state index < -0.39 is 23.4 Å². The van der Waals surface area contributed by atoms with Gasteiger partial charge in [0.2, 0.25) is 0 Å². The first kappa shape index (κ1) is 19.3. The highest BCUT2D eigenvalue weighted by atomic mass is 35.5. The molecule has 0 aliphatic carbocycles. The summed E-state index contributed by atoms with van der Waals surface area (Å²) in [7, 11) is 0. The van der Waals surface area contributed by atoms with Crippen LogP contribution in [0.3, 0.4) is 0 Å². The van der Waals surface area contributed by atoms with Crippen LogP contribution in [0.25, 0.3) is 0 Å². The normalized spacial score (nSPS) is 15.7. The molecule has 0 saturated heterocycles. The fourth-order valence-electron chi connectivity index (χ4n) is 1.38. The summed E-state index contributed by atoms with van der Waals surface area (Å²) in [5.74, 6) is -2.27. The van der Waals surface area contributed by atoms with Crippen molar-refractivity contribution in [2.24, 2.45) is 11.7 Å². The summed E-state index contributed by atoms with van der Waals surface area (Å²) in [5.41, 5.74) is 4.43. The molecule has 0 aliphatic heterocycles. The van der Waals surface area contributed by atoms with Crippen LogP contribution >= 0.6 is 12.4 Å². The Morgan fingerprint density at radius 2 is 1.83 bits per heavy atom. The number of halogens is 1. The molecule has 2 atom stereocenters. The summed E-state index contributed by atoms with van der Waals surface area (Å²) in [5, 5.41) is 17.7. The second kappa shape index (κ2) is 8.94. The Bertz CT molecular complexity index is 306. The highest BCUT2D eigenvalue weighted by Gasteiger charge is 2.30. The predicted octanol–water partition coefficient (Wildman–Crippen LogP) is 2.05. The van der Waals surface area contributed by atoms with E-state index in [4.69, 9.17) is 15.9 Å². The second-order valence-electron chi connectivity index (χ2n) is 4.17. The van der Waals surface area contributed by atoms with E-state index in [0.29, 0.717) is 19.3 Å². The van der Waals surface area contributed by atoms with Crippen LogP contribution in [-0.2, 0) is 9.59 Å². The van der Waals surface area contributed by atoms with Crippen molar-refractivity contribution in [3.05, 3.63) is 12.2 Å². The van der Waals surface area contributed by atoms with Crippen LogP contribution in [0.15, 0.2) is 12.2 Å². The maximum absolute atomic E-state index is 10.9. The number of rotatable bonds is 8. The van der Waals surface area contributed by atoms with Gasteiger partial charge >= 0.3 is 11.9 Å². The molecule has 106 valence electrons. The number of nitrogens with two attached hydrogens (primary N) is 1. The van der Waals surface area contributed by atoms with Gasteiger partial charge in [0.25, 0.3) is 0 Å². The minimum Gasteiger partial charge on any atom is -0.481 e. The van der Waals surface area contributed by atoms with Gasteiger partial charge < -0.3 is 15.9 Å². The Morgan fingerprint density at radius 1 is 1.28 bits per heavy atom. The van der Waals surface area contributed by atoms with Crippen LogP contribution in [0.5, 0.6) is 0 Å². The fourth-order valence-corrected chi connectivity index (χ4v) is 1.38. The lowest BCUT2D eigenvalue weighted by Crippen LogP contribution is -2.46. The maximum Gasteiger partial charge on any atom is 0.323 e. The van der Waals surface area contributed by atoms with E-state index in [1.165, 1.54) is 0 Å². The van der Waals surface area contributed by atoms with Gasteiger partial charge in [-0.05, 0) is 25.7 Å². The molecule has 4 N–H and O–H groups in total. The van der Waals surface area contributed by atoms with Crippen molar-refractivity contribution in [3.63, 3.8) is 0 Å². The van der Waals surface area contributed by atoms with Crippen LogP contribution in [0, 0.1) is 5.92 Å². The number of hydrogen-bond donors (Lipinski definition) is 3. The van der Waals surface area contributed by atoms with E-state index in [9.17, 15) is 9.59 Å². The summed E-state index contributed by atoms with van der Waals surface area (Å²) in [6, 6.07) is 0. The summed E-state index contributed by atoms with van der Waals surface area (Å²) in [4.78, 5) is 21.6. The van der Waals surface area contributed by atoms with Gasteiger partial charge in [-0.15, -0.1) is 12.4 Å². The zero-order valence-corrected chi connectivity index (χ0v) is 11.6. The zero-order chi connectivity index (χ0) is 13.5. The number of hydrogen-bond acceptors (Lipinski definition) is 3. The molecule has 0 saturated carbocycles. The molecule has 0 rings (SSSR count). The summed E-state index contributed by atoms with van der Waals surface area (Å²) in [6.45, 7) is 3.53. The van der Waals surface area contributed by atoms with E-state index in [1.807, 2.05) is 6.92 Å². The predicted molar refractivity (Wildman–Crippen MR) is 71.9 cm³/mol. The lowest BCUT2D eigenvalue weighted by atomic mass is 9.92. The minimum absolute atomic E-state index is 0. The first-order valence-corrected chi connectivity index (χ1v) is 5.77. The number of carboxylic acids is 2. The number of carbonyl (C=O) groups is 2. The van der Waals surface area contributed by atoms with Crippen LogP contribution in [0.1, 0.15) is 39.5 Å². The van der Waals surface area contributed by atoms with Crippen molar-refractivity contribution in [2.75, 3.05) is 0 Å². The molecular weight excluding hydrogens is 258 g/mol. The third kappa shape index (κ3) is 6.02. The van der Waals surface area contributed by atoms with Gasteiger partial charge in [0.15, 0.2) is 0 Å². The second-order valence-corrected chi connectivity index (χ2v) is 4.17. The van der Waals surface area contributed by atoms with E-state index in [0.717, 1.165) is 0 Å². The third-order valence-electron chi connectivity index (χ3n) is 2.97. The number of carboxylic acid groups (broad SMARTS) is 2. The van der Waals surface area contributed by atoms with Gasteiger partial charge in [0.05, 0.1) is 5.92 Å². The molecule has 0 spiro atoms. The molecule has 6 heteroatoms. The van der Waals surface area contributed by atoms with Crippen molar-refractivity contribution < 1.29 is 19.8 Å². The number of aliphatic carboxylic acids is 2. The highest BCUT2D eigenvalue weighted by Crippen LogP contribution is 2.14. The van der Waals surface area contributed by atoms with E-state index >= 15 is 0 Å². The highest BCUT2D eigenvalue weighted by molar-refractivity contribution is 5.85. The van der Waals surface area contributed by atoms with Gasteiger partial charge in [-0.1, -0.05) is 26.0 Å². The molecule has 0 heterocycles. The molecule has 0 bridgehead atoms. The Balaban J connectivity index is 0. The van der Waals surface area contributed by atoms with Crippen molar-refractivity contribution in [3.8, 4) is 0 Å². The smallest absolute Gasteiger partial charge is 0.323 e. The quantitative estimate of drug-likeness (QED) is 0.590. The molecule has 0 aromatic carbocycles. The molecule has 2 unspecified atom stereocenters. The average molecular weight is 280 g/mol. The Kier molecular flexibility index (Phi) is 9.57. The van der Waals surface area contributed by atoms with Gasteiger partial charge in [-0.2, -0.15) is 0 Å². The molecule has 5 nitrogen and oxygen atoms in total. The van der Waals surface area contributed by atoms with Crippen LogP contribution in [-0.4, -0.2) is 27.7 Å². The Hall–Kier alpha value is -1.07. The summed E-state index contributed by atoms with van der Waals surface area (Å²) >= 11 is 0. The maximum atomic E-state index is 10.9. The summed E-state index contributed by atoms with van der Waals surface area (Å²) < 4.78 is 0. The van der Waals surface area contributed by atoms with Crippen molar-refractivity contribution >= 4 is 24.3 Å². The van der Waals surface area contributed by atoms with Gasteiger partial charge in [0.1, 0.15) is 5.54 Å². The molecule has 0 aromatic rings. The largest absolute Gasteiger partial charge is 0.481 e. The molecule has 0 aliphatic rings. The molecule has 0 radical (unpaired) electrons. The molecule has 0 fully saturated rings. The minimum atomic E-state index is -1.25. The van der Waals surface area contributed by atoms with E-state index in [1.54, 1.807) is 19.1 Å². The van der Waals surface area contributed by atoms with E-state index in [-0.39, 0.29) is 18.8 Å². The average Bonchev–Trinajstić information content (AvgIpc) is 2.27. The van der Waals surface area contributed by atoms with E-state index in [2.05, 4.69) is 0 Å². The molecule has 0 aromatic heterocycles. The zero-order valence-electron chi connectivity index (χ0n) is 10.8. The first-order chi connectivity index (χ1) is 7.87. The SMILES string of the molecule is CCC(CC=CCC(N)(CC)C(=O)O)C(=O)O.Cl. The van der Waals surface area contributed by atoms with Crippen LogP contribution in [0.4, 0.5) is 0 Å². The molecule has 18 heavy (non-hydrogen) atoms. The lowest BCUT2D eigenvalue weighted by molar-refractivity contribution is -0.143.